The van der Waals surface area contributed by atoms with Crippen molar-refractivity contribution in [2.24, 2.45) is 0 Å². The van der Waals surface area contributed by atoms with Crippen LogP contribution >= 0.6 is 11.8 Å². The Kier molecular flexibility index (Phi) is 6.19. The van der Waals surface area contributed by atoms with Crippen molar-refractivity contribution in [3.63, 3.8) is 0 Å². The van der Waals surface area contributed by atoms with Crippen LogP contribution in [-0.4, -0.2) is 30.7 Å². The van der Waals surface area contributed by atoms with Crippen LogP contribution < -0.4 is 10.2 Å². The Hall–Kier alpha value is -2.73. The smallest absolute Gasteiger partial charge is 0.234 e. The number of oxazole rings is 1. The minimum absolute atomic E-state index is 0.0209. The van der Waals surface area contributed by atoms with Crippen LogP contribution in [0.1, 0.15) is 11.3 Å². The van der Waals surface area contributed by atoms with Crippen molar-refractivity contribution in [1.29, 1.82) is 0 Å². The fourth-order valence-corrected chi connectivity index (χ4v) is 3.29. The first-order valence-electron chi connectivity index (χ1n) is 8.68. The number of benzene rings is 2. The first-order chi connectivity index (χ1) is 13.0. The average Bonchev–Trinajstić information content (AvgIpc) is 3.13. The standard InChI is InChI=1S/C21H23N3O2S/c1-15-11-18(24(2)3)9-10-19(15)23-20(25)14-27-13-17-12-26-21(22-17)16-7-5-4-6-8-16/h4-12H,13-14H2,1-3H3,(H,23,25). The summed E-state index contributed by atoms with van der Waals surface area (Å²) in [5.74, 6) is 1.57. The summed E-state index contributed by atoms with van der Waals surface area (Å²) in [7, 11) is 3.99. The molecular formula is C21H23N3O2S. The third-order valence-corrected chi connectivity index (χ3v) is 5.02. The number of hydrogen-bond donors (Lipinski definition) is 1. The zero-order valence-corrected chi connectivity index (χ0v) is 16.5. The van der Waals surface area contributed by atoms with Gasteiger partial charge >= 0.3 is 0 Å². The molecule has 27 heavy (non-hydrogen) atoms. The molecule has 0 aliphatic heterocycles. The molecule has 1 amide bonds. The number of carbonyl (C=O) groups excluding carboxylic acids is 1. The molecule has 3 rings (SSSR count). The van der Waals surface area contributed by atoms with Crippen molar-refractivity contribution in [1.82, 2.24) is 4.98 Å². The van der Waals surface area contributed by atoms with Gasteiger partial charge in [0, 0.05) is 36.8 Å². The van der Waals surface area contributed by atoms with Gasteiger partial charge in [0.15, 0.2) is 0 Å². The Morgan fingerprint density at radius 1 is 1.19 bits per heavy atom. The quantitative estimate of drug-likeness (QED) is 0.649. The molecule has 0 aliphatic rings. The molecule has 0 saturated carbocycles. The van der Waals surface area contributed by atoms with Gasteiger partial charge < -0.3 is 14.6 Å². The van der Waals surface area contributed by atoms with Crippen molar-refractivity contribution in [3.05, 3.63) is 66.1 Å². The number of nitrogens with zero attached hydrogens (tertiary/aromatic N) is 2. The Bertz CT molecular complexity index is 907. The molecule has 3 aromatic rings. The highest BCUT2D eigenvalue weighted by atomic mass is 32.2. The van der Waals surface area contributed by atoms with Gasteiger partial charge in [-0.2, -0.15) is 0 Å². The number of amides is 1. The molecule has 1 N–H and O–H groups in total. The van der Waals surface area contributed by atoms with E-state index in [0.717, 1.165) is 28.2 Å². The number of aromatic nitrogens is 1. The molecule has 5 nitrogen and oxygen atoms in total. The summed E-state index contributed by atoms with van der Waals surface area (Å²) in [6.07, 6.45) is 1.65. The first-order valence-corrected chi connectivity index (χ1v) is 9.84. The summed E-state index contributed by atoms with van der Waals surface area (Å²) in [6, 6.07) is 15.8. The molecule has 6 heteroatoms. The van der Waals surface area contributed by atoms with Gasteiger partial charge in [-0.15, -0.1) is 11.8 Å². The normalized spacial score (nSPS) is 10.6. The fraction of sp³-hybridized carbons (Fsp3) is 0.238. The van der Waals surface area contributed by atoms with Gasteiger partial charge in [0.05, 0.1) is 11.4 Å². The second-order valence-electron chi connectivity index (χ2n) is 6.44. The highest BCUT2D eigenvalue weighted by Gasteiger charge is 2.09. The third kappa shape index (κ3) is 5.14. The van der Waals surface area contributed by atoms with Crippen LogP contribution in [0.15, 0.2) is 59.2 Å². The molecule has 0 unspecified atom stereocenters. The lowest BCUT2D eigenvalue weighted by atomic mass is 10.1. The van der Waals surface area contributed by atoms with Gasteiger partial charge in [0.2, 0.25) is 11.8 Å². The lowest BCUT2D eigenvalue weighted by Gasteiger charge is -2.15. The van der Waals surface area contributed by atoms with Crippen molar-refractivity contribution in [2.75, 3.05) is 30.1 Å². The second kappa shape index (κ2) is 8.77. The predicted molar refractivity (Wildman–Crippen MR) is 112 cm³/mol. The van der Waals surface area contributed by atoms with Gasteiger partial charge in [0.1, 0.15) is 6.26 Å². The van der Waals surface area contributed by atoms with E-state index in [1.54, 1.807) is 6.26 Å². The number of hydrogen-bond acceptors (Lipinski definition) is 5. The van der Waals surface area contributed by atoms with E-state index in [1.807, 2.05) is 68.4 Å². The van der Waals surface area contributed by atoms with E-state index >= 15 is 0 Å². The Morgan fingerprint density at radius 2 is 1.96 bits per heavy atom. The molecule has 0 spiro atoms. The molecule has 0 bridgehead atoms. The van der Waals surface area contributed by atoms with E-state index in [4.69, 9.17) is 4.42 Å². The molecular weight excluding hydrogens is 358 g/mol. The van der Waals surface area contributed by atoms with Gasteiger partial charge in [-0.05, 0) is 42.8 Å². The average molecular weight is 382 g/mol. The van der Waals surface area contributed by atoms with E-state index in [1.165, 1.54) is 11.8 Å². The van der Waals surface area contributed by atoms with Gasteiger partial charge in [0.25, 0.3) is 0 Å². The summed E-state index contributed by atoms with van der Waals surface area (Å²) in [5, 5.41) is 2.97. The summed E-state index contributed by atoms with van der Waals surface area (Å²) in [4.78, 5) is 18.7. The molecule has 1 aromatic heterocycles. The van der Waals surface area contributed by atoms with E-state index in [0.29, 0.717) is 17.4 Å². The SMILES string of the molecule is Cc1cc(N(C)C)ccc1NC(=O)CSCc1coc(-c2ccccc2)n1. The van der Waals surface area contributed by atoms with Crippen LogP contribution in [-0.2, 0) is 10.5 Å². The van der Waals surface area contributed by atoms with Crippen molar-refractivity contribution in [3.8, 4) is 11.5 Å². The van der Waals surface area contributed by atoms with Gasteiger partial charge in [-0.3, -0.25) is 4.79 Å². The highest BCUT2D eigenvalue weighted by Crippen LogP contribution is 2.23. The molecule has 2 aromatic carbocycles. The van der Waals surface area contributed by atoms with E-state index < -0.39 is 0 Å². The van der Waals surface area contributed by atoms with E-state index in [9.17, 15) is 4.79 Å². The van der Waals surface area contributed by atoms with Crippen LogP contribution in [0.3, 0.4) is 0 Å². The zero-order chi connectivity index (χ0) is 19.2. The number of anilines is 2. The fourth-order valence-electron chi connectivity index (χ4n) is 2.59. The number of thioether (sulfide) groups is 1. The largest absolute Gasteiger partial charge is 0.444 e. The Morgan fingerprint density at radius 3 is 2.67 bits per heavy atom. The van der Waals surface area contributed by atoms with Crippen molar-refractivity contribution >= 4 is 29.0 Å². The van der Waals surface area contributed by atoms with Crippen LogP contribution in [0, 0.1) is 6.92 Å². The summed E-state index contributed by atoms with van der Waals surface area (Å²) < 4.78 is 5.52. The summed E-state index contributed by atoms with van der Waals surface area (Å²) in [6.45, 7) is 2.00. The maximum absolute atomic E-state index is 12.2. The molecule has 140 valence electrons. The number of nitrogens with one attached hydrogen (secondary N) is 1. The lowest BCUT2D eigenvalue weighted by molar-refractivity contribution is -0.113. The lowest BCUT2D eigenvalue weighted by Crippen LogP contribution is -2.15. The van der Waals surface area contributed by atoms with E-state index in [2.05, 4.69) is 16.4 Å². The predicted octanol–water partition coefficient (Wildman–Crippen LogP) is 4.59. The summed E-state index contributed by atoms with van der Waals surface area (Å²) >= 11 is 1.51. The molecule has 0 saturated heterocycles. The van der Waals surface area contributed by atoms with Crippen molar-refractivity contribution in [2.45, 2.75) is 12.7 Å². The molecule has 0 fully saturated rings. The molecule has 0 atom stereocenters. The minimum Gasteiger partial charge on any atom is -0.444 e. The Balaban J connectivity index is 1.50. The number of aryl methyl sites for hydroxylation is 1. The summed E-state index contributed by atoms with van der Waals surface area (Å²) in [5.41, 5.74) is 4.78. The molecule has 0 aliphatic carbocycles. The van der Waals surface area contributed by atoms with Crippen LogP contribution in [0.4, 0.5) is 11.4 Å². The first kappa shape index (κ1) is 19.0. The molecule has 1 heterocycles. The van der Waals surface area contributed by atoms with Gasteiger partial charge in [-0.25, -0.2) is 4.98 Å². The van der Waals surface area contributed by atoms with E-state index in [-0.39, 0.29) is 5.91 Å². The van der Waals surface area contributed by atoms with Gasteiger partial charge in [-0.1, -0.05) is 18.2 Å². The third-order valence-electron chi connectivity index (χ3n) is 4.06. The van der Waals surface area contributed by atoms with Crippen molar-refractivity contribution < 1.29 is 9.21 Å². The van der Waals surface area contributed by atoms with Crippen LogP contribution in [0.25, 0.3) is 11.5 Å². The Labute approximate surface area is 163 Å². The maximum Gasteiger partial charge on any atom is 0.234 e. The monoisotopic (exact) mass is 381 g/mol. The van der Waals surface area contributed by atoms with Crippen LogP contribution in [0.2, 0.25) is 0 Å². The number of carbonyl (C=O) groups is 1. The topological polar surface area (TPSA) is 58.4 Å². The minimum atomic E-state index is -0.0209. The number of rotatable bonds is 7. The maximum atomic E-state index is 12.2. The highest BCUT2D eigenvalue weighted by molar-refractivity contribution is 7.99. The van der Waals surface area contributed by atoms with Crippen LogP contribution in [0.5, 0.6) is 0 Å². The molecule has 0 radical (unpaired) electrons. The second-order valence-corrected chi connectivity index (χ2v) is 7.43. The zero-order valence-electron chi connectivity index (χ0n) is 15.7.